The van der Waals surface area contributed by atoms with Gasteiger partial charge in [-0.15, -0.1) is 0 Å². The monoisotopic (exact) mass is 377 g/mol. The number of amides is 1. The van der Waals surface area contributed by atoms with Crippen LogP contribution in [0.4, 0.5) is 14.9 Å². The largest absolute Gasteiger partial charge is 0.444 e. The number of alkyl carbamates (subject to hydrolysis) is 1. The highest BCUT2D eigenvalue weighted by Gasteiger charge is 2.45. The summed E-state index contributed by atoms with van der Waals surface area (Å²) in [6, 6.07) is 1.18. The lowest BCUT2D eigenvalue weighted by Crippen LogP contribution is -2.47. The molecule has 1 saturated carbocycles. The number of pyridine rings is 1. The van der Waals surface area contributed by atoms with Gasteiger partial charge in [0.25, 0.3) is 0 Å². The van der Waals surface area contributed by atoms with Gasteiger partial charge in [-0.1, -0.05) is 0 Å². The van der Waals surface area contributed by atoms with Gasteiger partial charge in [-0.3, -0.25) is 4.57 Å². The number of nitrogens with one attached hydrogen (secondary N) is 1. The van der Waals surface area contributed by atoms with Gasteiger partial charge in [-0.25, -0.2) is 19.2 Å². The average molecular weight is 377 g/mol. The zero-order chi connectivity index (χ0) is 19.8. The number of aromatic nitrogens is 3. The Bertz CT molecular complexity index is 840. The lowest BCUT2D eigenvalue weighted by Gasteiger charge is -2.42. The van der Waals surface area contributed by atoms with Gasteiger partial charge >= 0.3 is 6.09 Å². The van der Waals surface area contributed by atoms with E-state index in [2.05, 4.69) is 15.3 Å². The highest BCUT2D eigenvalue weighted by atomic mass is 19.1. The number of hydrogen-bond donors (Lipinski definition) is 3. The third-order valence-electron chi connectivity index (χ3n) is 4.33. The first kappa shape index (κ1) is 19.1. The number of hydrogen-bond acceptors (Lipinski definition) is 6. The summed E-state index contributed by atoms with van der Waals surface area (Å²) in [6.45, 7) is 5.80. The molecule has 0 unspecified atom stereocenters. The molecule has 1 fully saturated rings. The van der Waals surface area contributed by atoms with Gasteiger partial charge in [0.05, 0.1) is 17.6 Å². The molecule has 0 aromatic carbocycles. The number of imidazole rings is 1. The maximum Gasteiger partial charge on any atom is 0.407 e. The number of nitrogens with two attached hydrogens (primary N) is 1. The van der Waals surface area contributed by atoms with Gasteiger partial charge in [0.1, 0.15) is 17.5 Å². The number of carbonyl (C=O) groups is 1. The third-order valence-corrected chi connectivity index (χ3v) is 4.33. The quantitative estimate of drug-likeness (QED) is 0.752. The predicted molar refractivity (Wildman–Crippen MR) is 96.6 cm³/mol. The first-order valence-corrected chi connectivity index (χ1v) is 8.71. The van der Waals surface area contributed by atoms with Crippen LogP contribution >= 0.6 is 0 Å². The molecule has 0 saturated heterocycles. The smallest absolute Gasteiger partial charge is 0.407 e. The van der Waals surface area contributed by atoms with Crippen LogP contribution in [0.2, 0.25) is 0 Å². The van der Waals surface area contributed by atoms with Crippen molar-refractivity contribution in [3.8, 4) is 5.82 Å². The molecule has 1 aliphatic carbocycles. The normalized spacial score (nSPS) is 22.2. The Hall–Kier alpha value is -2.68. The van der Waals surface area contributed by atoms with Crippen molar-refractivity contribution in [1.29, 1.82) is 0 Å². The zero-order valence-electron chi connectivity index (χ0n) is 15.6. The molecular weight excluding hydrogens is 353 g/mol. The Morgan fingerprint density at radius 3 is 2.81 bits per heavy atom. The van der Waals surface area contributed by atoms with E-state index in [1.54, 1.807) is 27.0 Å². The number of rotatable bonds is 4. The standard InChI is InChI=1S/C18H24FN5O3/c1-17(2,3)27-16(25)22-7-11-5-18(26,6-11)14-9-24(10-23-14)15-13(19)4-12(20)8-21-15/h4,8-11,26H,5-7,20H2,1-3H3,(H,22,25). The Balaban J connectivity index is 1.58. The molecule has 0 radical (unpaired) electrons. The number of halogens is 1. The summed E-state index contributed by atoms with van der Waals surface area (Å²) in [5, 5.41) is 13.4. The number of nitrogen functional groups attached to an aromatic ring is 1. The van der Waals surface area contributed by atoms with Crippen molar-refractivity contribution < 1.29 is 19.0 Å². The lowest BCUT2D eigenvalue weighted by atomic mass is 9.69. The molecular formula is C18H24FN5O3. The topological polar surface area (TPSA) is 115 Å². The fourth-order valence-corrected chi connectivity index (χ4v) is 3.11. The molecule has 1 amide bonds. The Labute approximate surface area is 156 Å². The van der Waals surface area contributed by atoms with Gasteiger partial charge in [0.15, 0.2) is 11.6 Å². The van der Waals surface area contributed by atoms with Crippen molar-refractivity contribution in [1.82, 2.24) is 19.9 Å². The van der Waals surface area contributed by atoms with Crippen LogP contribution in [0.1, 0.15) is 39.3 Å². The second kappa shape index (κ2) is 6.80. The zero-order valence-corrected chi connectivity index (χ0v) is 15.6. The molecule has 1 aliphatic rings. The van der Waals surface area contributed by atoms with Crippen LogP contribution in [0.25, 0.3) is 5.82 Å². The maximum absolute atomic E-state index is 14.0. The average Bonchev–Trinajstić information content (AvgIpc) is 2.98. The lowest BCUT2D eigenvalue weighted by molar-refractivity contribution is -0.0821. The molecule has 4 N–H and O–H groups in total. The van der Waals surface area contributed by atoms with E-state index in [9.17, 15) is 14.3 Å². The van der Waals surface area contributed by atoms with Gasteiger partial charge in [0.2, 0.25) is 0 Å². The summed E-state index contributed by atoms with van der Waals surface area (Å²) in [6.07, 6.45) is 4.72. The van der Waals surface area contributed by atoms with E-state index in [4.69, 9.17) is 10.5 Å². The summed E-state index contributed by atoms with van der Waals surface area (Å²) < 4.78 is 20.6. The predicted octanol–water partition coefficient (Wildman–Crippen LogP) is 2.11. The number of anilines is 1. The Morgan fingerprint density at radius 2 is 2.19 bits per heavy atom. The molecule has 8 nitrogen and oxygen atoms in total. The molecule has 0 spiro atoms. The van der Waals surface area contributed by atoms with E-state index in [-0.39, 0.29) is 17.4 Å². The van der Waals surface area contributed by atoms with Crippen molar-refractivity contribution >= 4 is 11.8 Å². The molecule has 146 valence electrons. The summed E-state index contributed by atoms with van der Waals surface area (Å²) >= 11 is 0. The van der Waals surface area contributed by atoms with E-state index in [0.29, 0.717) is 25.1 Å². The van der Waals surface area contributed by atoms with E-state index in [0.717, 1.165) is 0 Å². The molecule has 2 heterocycles. The van der Waals surface area contributed by atoms with Crippen molar-refractivity contribution in [2.45, 2.75) is 44.8 Å². The van der Waals surface area contributed by atoms with Crippen LogP contribution in [-0.4, -0.2) is 37.9 Å². The second-order valence-corrected chi connectivity index (χ2v) is 7.93. The van der Waals surface area contributed by atoms with Crippen molar-refractivity contribution in [2.24, 2.45) is 5.92 Å². The summed E-state index contributed by atoms with van der Waals surface area (Å²) in [5.74, 6) is -0.396. The maximum atomic E-state index is 14.0. The van der Waals surface area contributed by atoms with E-state index in [1.807, 2.05) is 0 Å². The first-order chi connectivity index (χ1) is 12.6. The summed E-state index contributed by atoms with van der Waals surface area (Å²) in [4.78, 5) is 19.8. The van der Waals surface area contributed by atoms with Crippen LogP contribution in [0.3, 0.4) is 0 Å². The molecule has 0 atom stereocenters. The van der Waals surface area contributed by atoms with Crippen molar-refractivity contribution in [3.63, 3.8) is 0 Å². The van der Waals surface area contributed by atoms with E-state index < -0.39 is 23.1 Å². The fourth-order valence-electron chi connectivity index (χ4n) is 3.11. The van der Waals surface area contributed by atoms with Crippen molar-refractivity contribution in [3.05, 3.63) is 36.3 Å². The molecule has 2 aromatic rings. The minimum Gasteiger partial charge on any atom is -0.444 e. The molecule has 2 aromatic heterocycles. The van der Waals surface area contributed by atoms with Crippen LogP contribution in [-0.2, 0) is 10.3 Å². The van der Waals surface area contributed by atoms with Crippen LogP contribution in [0.15, 0.2) is 24.8 Å². The highest BCUT2D eigenvalue weighted by molar-refractivity contribution is 5.67. The number of nitrogens with zero attached hydrogens (tertiary/aromatic N) is 3. The van der Waals surface area contributed by atoms with E-state index in [1.165, 1.54) is 23.2 Å². The van der Waals surface area contributed by atoms with Crippen LogP contribution < -0.4 is 11.1 Å². The van der Waals surface area contributed by atoms with Crippen LogP contribution in [0.5, 0.6) is 0 Å². The second-order valence-electron chi connectivity index (χ2n) is 7.93. The first-order valence-electron chi connectivity index (χ1n) is 8.71. The Morgan fingerprint density at radius 1 is 1.48 bits per heavy atom. The summed E-state index contributed by atoms with van der Waals surface area (Å²) in [5.41, 5.74) is 4.52. The highest BCUT2D eigenvalue weighted by Crippen LogP contribution is 2.44. The molecule has 0 aliphatic heterocycles. The molecule has 27 heavy (non-hydrogen) atoms. The summed E-state index contributed by atoms with van der Waals surface area (Å²) in [7, 11) is 0. The SMILES string of the molecule is CC(C)(C)OC(=O)NCC1CC(O)(c2cn(-c3ncc(N)cc3F)cn2)C1. The number of aliphatic hydroxyl groups is 1. The third kappa shape index (κ3) is 4.36. The van der Waals surface area contributed by atoms with Gasteiger partial charge in [-0.2, -0.15) is 0 Å². The van der Waals surface area contributed by atoms with Crippen LogP contribution in [0, 0.1) is 11.7 Å². The minimum atomic E-state index is -1.10. The van der Waals surface area contributed by atoms with Crippen molar-refractivity contribution in [2.75, 3.05) is 12.3 Å². The Kier molecular flexibility index (Phi) is 4.81. The minimum absolute atomic E-state index is 0.0639. The fraction of sp³-hybridized carbons (Fsp3) is 0.500. The van der Waals surface area contributed by atoms with Gasteiger partial charge in [-0.05, 0) is 39.5 Å². The van der Waals surface area contributed by atoms with Gasteiger partial charge in [0, 0.05) is 18.8 Å². The van der Waals surface area contributed by atoms with Gasteiger partial charge < -0.3 is 20.9 Å². The number of ether oxygens (including phenoxy) is 1. The number of carbonyl (C=O) groups excluding carboxylic acids is 1. The van der Waals surface area contributed by atoms with E-state index >= 15 is 0 Å². The molecule has 3 rings (SSSR count). The molecule has 0 bridgehead atoms. The molecule has 9 heteroatoms.